The summed E-state index contributed by atoms with van der Waals surface area (Å²) in [6, 6.07) is -0.00494. The predicted molar refractivity (Wildman–Crippen MR) is 74.3 cm³/mol. The summed E-state index contributed by atoms with van der Waals surface area (Å²) in [6.45, 7) is 6.00. The van der Waals surface area contributed by atoms with E-state index in [1.165, 1.54) is 44.9 Å². The molecule has 2 amide bonds. The largest absolute Gasteiger partial charge is 0.338 e. The average Bonchev–Trinajstić information content (AvgIpc) is 2.33. The van der Waals surface area contributed by atoms with E-state index in [0.29, 0.717) is 0 Å². The number of unbranched alkanes of at least 4 members (excludes halogenated alkanes) is 7. The van der Waals surface area contributed by atoms with E-state index in [-0.39, 0.29) is 6.03 Å². The van der Waals surface area contributed by atoms with Crippen molar-refractivity contribution in [3.05, 3.63) is 0 Å². The summed E-state index contributed by atoms with van der Waals surface area (Å²) < 4.78 is 0. The molecular formula is C14H30N2O. The van der Waals surface area contributed by atoms with Gasteiger partial charge in [0, 0.05) is 13.1 Å². The maximum atomic E-state index is 11.3. The zero-order valence-corrected chi connectivity index (χ0v) is 11.7. The Morgan fingerprint density at radius 1 is 0.706 bits per heavy atom. The molecule has 0 aliphatic rings. The lowest BCUT2D eigenvalue weighted by atomic mass is 10.1. The third kappa shape index (κ3) is 13.2. The van der Waals surface area contributed by atoms with Crippen LogP contribution in [0.5, 0.6) is 0 Å². The van der Waals surface area contributed by atoms with Crippen molar-refractivity contribution >= 4 is 6.03 Å². The first-order valence-corrected chi connectivity index (χ1v) is 7.33. The lowest BCUT2D eigenvalue weighted by Gasteiger charge is -2.07. The summed E-state index contributed by atoms with van der Waals surface area (Å²) in [6.07, 6.45) is 11.1. The van der Waals surface area contributed by atoms with Gasteiger partial charge in [0.25, 0.3) is 0 Å². The van der Waals surface area contributed by atoms with Crippen LogP contribution in [0.4, 0.5) is 4.79 Å². The highest BCUT2D eigenvalue weighted by atomic mass is 16.2. The minimum Gasteiger partial charge on any atom is -0.338 e. The Morgan fingerprint density at radius 3 is 1.71 bits per heavy atom. The Hall–Kier alpha value is -0.730. The van der Waals surface area contributed by atoms with Gasteiger partial charge in [-0.25, -0.2) is 4.79 Å². The van der Waals surface area contributed by atoms with E-state index in [4.69, 9.17) is 0 Å². The molecule has 2 N–H and O–H groups in total. The molecule has 0 aromatic carbocycles. The van der Waals surface area contributed by atoms with Crippen LogP contribution in [0, 0.1) is 0 Å². The van der Waals surface area contributed by atoms with E-state index in [0.717, 1.165) is 25.9 Å². The molecule has 0 aromatic heterocycles. The maximum Gasteiger partial charge on any atom is 0.314 e. The monoisotopic (exact) mass is 242 g/mol. The summed E-state index contributed by atoms with van der Waals surface area (Å²) in [5, 5.41) is 5.78. The van der Waals surface area contributed by atoms with Crippen molar-refractivity contribution in [3.8, 4) is 0 Å². The normalized spacial score (nSPS) is 10.2. The van der Waals surface area contributed by atoms with Crippen molar-refractivity contribution in [2.24, 2.45) is 0 Å². The molecule has 0 bridgehead atoms. The Balaban J connectivity index is 3.11. The van der Waals surface area contributed by atoms with Gasteiger partial charge in [-0.1, -0.05) is 58.8 Å². The molecule has 0 unspecified atom stereocenters. The highest BCUT2D eigenvalue weighted by Crippen LogP contribution is 2.03. The van der Waals surface area contributed by atoms with Gasteiger partial charge < -0.3 is 10.6 Å². The molecule has 0 rings (SSSR count). The molecule has 0 fully saturated rings. The van der Waals surface area contributed by atoms with Crippen LogP contribution in [0.25, 0.3) is 0 Å². The fraction of sp³-hybridized carbons (Fsp3) is 0.929. The van der Waals surface area contributed by atoms with Crippen molar-refractivity contribution in [2.75, 3.05) is 13.1 Å². The van der Waals surface area contributed by atoms with E-state index < -0.39 is 0 Å². The van der Waals surface area contributed by atoms with E-state index in [2.05, 4.69) is 24.5 Å². The van der Waals surface area contributed by atoms with Crippen molar-refractivity contribution in [3.63, 3.8) is 0 Å². The minimum atomic E-state index is -0.00494. The number of urea groups is 1. The standard InChI is InChI=1S/C14H30N2O/c1-3-5-7-8-9-11-13-16-14(17)15-12-10-6-4-2/h3-13H2,1-2H3,(H2,15,16,17). The van der Waals surface area contributed by atoms with Crippen LogP contribution < -0.4 is 10.6 Å². The second-order valence-corrected chi connectivity index (χ2v) is 4.66. The smallest absolute Gasteiger partial charge is 0.314 e. The molecule has 0 spiro atoms. The van der Waals surface area contributed by atoms with Crippen LogP contribution >= 0.6 is 0 Å². The molecule has 0 atom stereocenters. The van der Waals surface area contributed by atoms with Crippen LogP contribution in [0.3, 0.4) is 0 Å². The highest BCUT2D eigenvalue weighted by Gasteiger charge is 1.97. The zero-order chi connectivity index (χ0) is 12.8. The molecule has 0 aromatic rings. The van der Waals surface area contributed by atoms with Crippen molar-refractivity contribution in [1.29, 1.82) is 0 Å². The Kier molecular flexibility index (Phi) is 12.8. The first kappa shape index (κ1) is 16.3. The lowest BCUT2D eigenvalue weighted by molar-refractivity contribution is 0.240. The molecule has 102 valence electrons. The average molecular weight is 242 g/mol. The number of amides is 2. The second kappa shape index (κ2) is 13.3. The van der Waals surface area contributed by atoms with E-state index in [1.54, 1.807) is 0 Å². The number of carbonyl (C=O) groups excluding carboxylic acids is 1. The molecule has 3 nitrogen and oxygen atoms in total. The molecular weight excluding hydrogens is 212 g/mol. The summed E-state index contributed by atoms with van der Waals surface area (Å²) >= 11 is 0. The number of nitrogens with one attached hydrogen (secondary N) is 2. The molecule has 3 heteroatoms. The van der Waals surface area contributed by atoms with Gasteiger partial charge in [0.1, 0.15) is 0 Å². The Morgan fingerprint density at radius 2 is 1.12 bits per heavy atom. The molecule has 0 saturated heterocycles. The van der Waals surface area contributed by atoms with E-state index in [1.807, 2.05) is 0 Å². The van der Waals surface area contributed by atoms with Crippen LogP contribution in [-0.4, -0.2) is 19.1 Å². The van der Waals surface area contributed by atoms with Gasteiger partial charge in [-0.2, -0.15) is 0 Å². The SMILES string of the molecule is CCCCCCCCNC(=O)NCCCCC. The zero-order valence-electron chi connectivity index (χ0n) is 11.7. The fourth-order valence-corrected chi connectivity index (χ4v) is 1.75. The van der Waals surface area contributed by atoms with Gasteiger partial charge in [0.2, 0.25) is 0 Å². The van der Waals surface area contributed by atoms with E-state index in [9.17, 15) is 4.79 Å². The lowest BCUT2D eigenvalue weighted by Crippen LogP contribution is -2.36. The summed E-state index contributed by atoms with van der Waals surface area (Å²) in [7, 11) is 0. The number of rotatable bonds is 11. The van der Waals surface area contributed by atoms with Crippen molar-refractivity contribution < 1.29 is 4.79 Å². The van der Waals surface area contributed by atoms with Crippen LogP contribution in [0.1, 0.15) is 71.6 Å². The highest BCUT2D eigenvalue weighted by molar-refractivity contribution is 5.73. The Labute approximate surface area is 107 Å². The van der Waals surface area contributed by atoms with Crippen molar-refractivity contribution in [2.45, 2.75) is 71.6 Å². The number of carbonyl (C=O) groups is 1. The number of hydrogen-bond donors (Lipinski definition) is 2. The molecule has 0 aliphatic heterocycles. The second-order valence-electron chi connectivity index (χ2n) is 4.66. The fourth-order valence-electron chi connectivity index (χ4n) is 1.75. The minimum absolute atomic E-state index is 0.00494. The summed E-state index contributed by atoms with van der Waals surface area (Å²) in [4.78, 5) is 11.3. The van der Waals surface area contributed by atoms with Crippen molar-refractivity contribution in [1.82, 2.24) is 10.6 Å². The van der Waals surface area contributed by atoms with Crippen LogP contribution in [0.2, 0.25) is 0 Å². The third-order valence-electron chi connectivity index (χ3n) is 2.88. The molecule has 0 heterocycles. The van der Waals surface area contributed by atoms with Gasteiger partial charge in [-0.05, 0) is 12.8 Å². The third-order valence-corrected chi connectivity index (χ3v) is 2.88. The molecule has 0 aliphatic carbocycles. The quantitative estimate of drug-likeness (QED) is 0.531. The van der Waals surface area contributed by atoms with Gasteiger partial charge >= 0.3 is 6.03 Å². The molecule has 0 radical (unpaired) electrons. The Bertz CT molecular complexity index is 172. The van der Waals surface area contributed by atoms with Gasteiger partial charge in [-0.3, -0.25) is 0 Å². The first-order chi connectivity index (χ1) is 8.31. The van der Waals surface area contributed by atoms with Gasteiger partial charge in [0.15, 0.2) is 0 Å². The molecule has 0 saturated carbocycles. The first-order valence-electron chi connectivity index (χ1n) is 7.33. The topological polar surface area (TPSA) is 41.1 Å². The molecule has 17 heavy (non-hydrogen) atoms. The summed E-state index contributed by atoms with van der Waals surface area (Å²) in [5.74, 6) is 0. The van der Waals surface area contributed by atoms with E-state index >= 15 is 0 Å². The van der Waals surface area contributed by atoms with Gasteiger partial charge in [-0.15, -0.1) is 0 Å². The maximum absolute atomic E-state index is 11.3. The summed E-state index contributed by atoms with van der Waals surface area (Å²) in [5.41, 5.74) is 0. The van der Waals surface area contributed by atoms with Gasteiger partial charge in [0.05, 0.1) is 0 Å². The van der Waals surface area contributed by atoms with Crippen LogP contribution in [0.15, 0.2) is 0 Å². The number of hydrogen-bond acceptors (Lipinski definition) is 1. The predicted octanol–water partition coefficient (Wildman–Crippen LogP) is 3.84. The van der Waals surface area contributed by atoms with Crippen LogP contribution in [-0.2, 0) is 0 Å².